The highest BCUT2D eigenvalue weighted by atomic mass is 79.9. The molecule has 0 fully saturated rings. The van der Waals surface area contributed by atoms with Crippen LogP contribution < -0.4 is 5.32 Å². The number of halogens is 1. The predicted octanol–water partition coefficient (Wildman–Crippen LogP) is 3.54. The minimum absolute atomic E-state index is 0.0255. The van der Waals surface area contributed by atoms with Gasteiger partial charge in [0.15, 0.2) is 0 Å². The summed E-state index contributed by atoms with van der Waals surface area (Å²) in [4.78, 5) is 15.2. The van der Waals surface area contributed by atoms with Gasteiger partial charge in [0.05, 0.1) is 10.9 Å². The van der Waals surface area contributed by atoms with Crippen LogP contribution in [0.1, 0.15) is 11.1 Å². The Bertz CT molecular complexity index is 842. The maximum atomic E-state index is 12.0. The molecular formula is C18H17BrN2O2. The lowest BCUT2D eigenvalue weighted by Gasteiger charge is -2.06. The molecule has 0 aliphatic rings. The molecule has 2 aromatic carbocycles. The molecule has 0 radical (unpaired) electrons. The number of aromatic amines is 1. The van der Waals surface area contributed by atoms with Crippen LogP contribution in [0.25, 0.3) is 10.9 Å². The Balaban J connectivity index is 1.54. The number of aromatic hydroxyl groups is 1. The average Bonchev–Trinajstić information content (AvgIpc) is 2.94. The van der Waals surface area contributed by atoms with E-state index < -0.39 is 0 Å². The molecule has 0 bridgehead atoms. The summed E-state index contributed by atoms with van der Waals surface area (Å²) in [6.07, 6.45) is 3.08. The smallest absolute Gasteiger partial charge is 0.224 e. The number of phenols is 1. The van der Waals surface area contributed by atoms with Crippen molar-refractivity contribution in [1.29, 1.82) is 0 Å². The Kier molecular flexibility index (Phi) is 4.67. The van der Waals surface area contributed by atoms with Crippen LogP contribution in [0.15, 0.2) is 53.1 Å². The summed E-state index contributed by atoms with van der Waals surface area (Å²) in [6.45, 7) is 0.597. The van der Waals surface area contributed by atoms with E-state index in [1.54, 1.807) is 18.2 Å². The first-order chi connectivity index (χ1) is 11.1. The number of H-pyrrole nitrogens is 1. The molecule has 1 aromatic heterocycles. The van der Waals surface area contributed by atoms with E-state index in [1.165, 1.54) is 10.9 Å². The lowest BCUT2D eigenvalue weighted by Crippen LogP contribution is -2.27. The predicted molar refractivity (Wildman–Crippen MR) is 94.5 cm³/mol. The van der Waals surface area contributed by atoms with Crippen LogP contribution in [-0.2, 0) is 17.6 Å². The molecule has 0 atom stereocenters. The fourth-order valence-electron chi connectivity index (χ4n) is 2.58. The molecule has 0 aliphatic heterocycles. The van der Waals surface area contributed by atoms with Crippen LogP contribution in [0, 0.1) is 0 Å². The van der Waals surface area contributed by atoms with Gasteiger partial charge in [-0.15, -0.1) is 0 Å². The number of para-hydroxylation sites is 1. The maximum Gasteiger partial charge on any atom is 0.224 e. The lowest BCUT2D eigenvalue weighted by molar-refractivity contribution is -0.120. The quantitative estimate of drug-likeness (QED) is 0.641. The van der Waals surface area contributed by atoms with E-state index in [-0.39, 0.29) is 11.7 Å². The molecule has 3 rings (SSSR count). The second-order valence-electron chi connectivity index (χ2n) is 5.42. The minimum Gasteiger partial charge on any atom is -0.507 e. The molecule has 118 valence electrons. The highest BCUT2D eigenvalue weighted by Crippen LogP contribution is 2.24. The summed E-state index contributed by atoms with van der Waals surface area (Å²) >= 11 is 3.25. The van der Waals surface area contributed by atoms with E-state index in [1.807, 2.05) is 24.4 Å². The number of carbonyl (C=O) groups is 1. The van der Waals surface area contributed by atoms with Gasteiger partial charge in [-0.2, -0.15) is 0 Å². The van der Waals surface area contributed by atoms with Crippen molar-refractivity contribution in [2.45, 2.75) is 12.8 Å². The highest BCUT2D eigenvalue weighted by Gasteiger charge is 2.07. The van der Waals surface area contributed by atoms with Gasteiger partial charge in [-0.3, -0.25) is 4.79 Å². The van der Waals surface area contributed by atoms with Crippen LogP contribution in [0.4, 0.5) is 0 Å². The molecule has 0 spiro atoms. The molecule has 1 heterocycles. The second kappa shape index (κ2) is 6.87. The van der Waals surface area contributed by atoms with Gasteiger partial charge in [-0.25, -0.2) is 0 Å². The molecule has 3 N–H and O–H groups in total. The standard InChI is InChI=1S/C18H17BrN2O2/c19-15-9-12(5-6-17(15)22)10-18(23)20-8-7-13-11-21-16-4-2-1-3-14(13)16/h1-6,9,11,21-22H,7-8,10H2,(H,20,23). The molecule has 0 aliphatic carbocycles. The Morgan fingerprint density at radius 1 is 1.22 bits per heavy atom. The third kappa shape index (κ3) is 3.74. The molecule has 5 heteroatoms. The van der Waals surface area contributed by atoms with E-state index in [0.29, 0.717) is 17.4 Å². The molecule has 3 aromatic rings. The third-order valence-corrected chi connectivity index (χ3v) is 4.40. The van der Waals surface area contributed by atoms with Gasteiger partial charge in [0.2, 0.25) is 5.91 Å². The summed E-state index contributed by atoms with van der Waals surface area (Å²) in [5, 5.41) is 13.6. The number of fused-ring (bicyclic) bond motifs is 1. The Morgan fingerprint density at radius 3 is 2.87 bits per heavy atom. The molecule has 0 unspecified atom stereocenters. The zero-order chi connectivity index (χ0) is 16.2. The van der Waals surface area contributed by atoms with Gasteiger partial charge in [0.25, 0.3) is 0 Å². The van der Waals surface area contributed by atoms with Gasteiger partial charge >= 0.3 is 0 Å². The van der Waals surface area contributed by atoms with Gasteiger partial charge in [0, 0.05) is 23.6 Å². The molecule has 0 saturated heterocycles. The van der Waals surface area contributed by atoms with Crippen molar-refractivity contribution in [3.8, 4) is 5.75 Å². The summed E-state index contributed by atoms with van der Waals surface area (Å²) in [6, 6.07) is 13.2. The largest absolute Gasteiger partial charge is 0.507 e. The molecule has 23 heavy (non-hydrogen) atoms. The van der Waals surface area contributed by atoms with Gasteiger partial charge in [0.1, 0.15) is 5.75 Å². The number of carbonyl (C=O) groups excluding carboxylic acids is 1. The van der Waals surface area contributed by atoms with Crippen LogP contribution >= 0.6 is 15.9 Å². The van der Waals surface area contributed by atoms with Crippen molar-refractivity contribution in [3.63, 3.8) is 0 Å². The zero-order valence-corrected chi connectivity index (χ0v) is 14.1. The summed E-state index contributed by atoms with van der Waals surface area (Å²) in [5.74, 6) is 0.149. The summed E-state index contributed by atoms with van der Waals surface area (Å²) < 4.78 is 0.599. The number of amides is 1. The number of benzene rings is 2. The Hall–Kier alpha value is -2.27. The summed E-state index contributed by atoms with van der Waals surface area (Å²) in [5.41, 5.74) is 3.18. The lowest BCUT2D eigenvalue weighted by atomic mass is 10.1. The number of hydrogen-bond acceptors (Lipinski definition) is 2. The fraction of sp³-hybridized carbons (Fsp3) is 0.167. The zero-order valence-electron chi connectivity index (χ0n) is 12.5. The number of nitrogens with one attached hydrogen (secondary N) is 2. The number of hydrogen-bond donors (Lipinski definition) is 3. The van der Waals surface area contributed by atoms with Gasteiger partial charge in [-0.1, -0.05) is 24.3 Å². The first-order valence-corrected chi connectivity index (χ1v) is 8.22. The molecule has 0 saturated carbocycles. The van der Waals surface area contributed by atoms with E-state index in [0.717, 1.165) is 17.5 Å². The Labute approximate surface area is 142 Å². The monoisotopic (exact) mass is 372 g/mol. The van der Waals surface area contributed by atoms with E-state index in [4.69, 9.17) is 0 Å². The normalized spacial score (nSPS) is 10.8. The van der Waals surface area contributed by atoms with Crippen molar-refractivity contribution in [3.05, 3.63) is 64.3 Å². The van der Waals surface area contributed by atoms with Crippen LogP contribution in [0.5, 0.6) is 5.75 Å². The minimum atomic E-state index is -0.0255. The van der Waals surface area contributed by atoms with Crippen molar-refractivity contribution in [2.24, 2.45) is 0 Å². The van der Waals surface area contributed by atoms with Crippen LogP contribution in [0.3, 0.4) is 0 Å². The fourth-order valence-corrected chi connectivity index (χ4v) is 3.01. The second-order valence-corrected chi connectivity index (χ2v) is 6.28. The van der Waals surface area contributed by atoms with E-state index in [9.17, 15) is 9.90 Å². The maximum absolute atomic E-state index is 12.0. The van der Waals surface area contributed by atoms with Crippen molar-refractivity contribution >= 4 is 32.7 Å². The van der Waals surface area contributed by atoms with Crippen LogP contribution in [0.2, 0.25) is 0 Å². The summed E-state index contributed by atoms with van der Waals surface area (Å²) in [7, 11) is 0. The molecular weight excluding hydrogens is 356 g/mol. The SMILES string of the molecule is O=C(Cc1ccc(O)c(Br)c1)NCCc1c[nH]c2ccccc12. The average molecular weight is 373 g/mol. The van der Waals surface area contributed by atoms with Crippen molar-refractivity contribution in [1.82, 2.24) is 10.3 Å². The van der Waals surface area contributed by atoms with Crippen molar-refractivity contribution in [2.75, 3.05) is 6.54 Å². The number of aromatic nitrogens is 1. The van der Waals surface area contributed by atoms with E-state index in [2.05, 4.69) is 32.3 Å². The number of rotatable bonds is 5. The molecule has 4 nitrogen and oxygen atoms in total. The van der Waals surface area contributed by atoms with Gasteiger partial charge in [-0.05, 0) is 51.7 Å². The van der Waals surface area contributed by atoms with E-state index >= 15 is 0 Å². The first kappa shape index (κ1) is 15.6. The highest BCUT2D eigenvalue weighted by molar-refractivity contribution is 9.10. The number of phenolic OH excluding ortho intramolecular Hbond substituents is 1. The third-order valence-electron chi connectivity index (χ3n) is 3.77. The first-order valence-electron chi connectivity index (χ1n) is 7.42. The molecule has 1 amide bonds. The van der Waals surface area contributed by atoms with Gasteiger partial charge < -0.3 is 15.4 Å². The Morgan fingerprint density at radius 2 is 2.04 bits per heavy atom. The topological polar surface area (TPSA) is 65.1 Å². The van der Waals surface area contributed by atoms with Crippen molar-refractivity contribution < 1.29 is 9.90 Å². The van der Waals surface area contributed by atoms with Crippen LogP contribution in [-0.4, -0.2) is 22.5 Å².